The highest BCUT2D eigenvalue weighted by Gasteiger charge is 2.24. The Hall–Kier alpha value is -0.810. The molecule has 0 unspecified atom stereocenters. The number of carbonyl (C=O) groups excluding carboxylic acids is 1. The van der Waals surface area contributed by atoms with Gasteiger partial charge in [-0.2, -0.15) is 0 Å². The Bertz CT molecular complexity index is 163. The van der Waals surface area contributed by atoms with Crippen LogP contribution in [0.25, 0.3) is 0 Å². The van der Waals surface area contributed by atoms with E-state index in [1.807, 2.05) is 19.1 Å². The summed E-state index contributed by atoms with van der Waals surface area (Å²) in [5, 5.41) is 6.49. The van der Waals surface area contributed by atoms with Gasteiger partial charge in [-0.25, -0.2) is 14.8 Å². The van der Waals surface area contributed by atoms with Crippen molar-refractivity contribution < 1.29 is 9.53 Å². The molecule has 0 radical (unpaired) electrons. The van der Waals surface area contributed by atoms with Gasteiger partial charge >= 0.3 is 6.09 Å². The quantitative estimate of drug-likeness (QED) is 0.623. The number of rotatable bonds is 4. The van der Waals surface area contributed by atoms with Gasteiger partial charge in [0, 0.05) is 20.1 Å². The summed E-state index contributed by atoms with van der Waals surface area (Å²) in [6, 6.07) is 0. The maximum absolute atomic E-state index is 11.0. The second kappa shape index (κ2) is 4.27. The van der Waals surface area contributed by atoms with Gasteiger partial charge in [0.2, 0.25) is 0 Å². The number of hydrogen-bond donors (Lipinski definition) is 1. The van der Waals surface area contributed by atoms with Crippen molar-refractivity contribution in [1.29, 1.82) is 0 Å². The van der Waals surface area contributed by atoms with E-state index in [2.05, 4.69) is 5.32 Å². The Morgan fingerprint density at radius 1 is 1.75 bits per heavy atom. The number of carbonyl (C=O) groups is 1. The normalized spacial score (nSPS) is 17.2. The molecule has 1 aliphatic rings. The predicted octanol–water partition coefficient (Wildman–Crippen LogP) is -0.495. The summed E-state index contributed by atoms with van der Waals surface area (Å²) in [7, 11) is 3.76. The van der Waals surface area contributed by atoms with E-state index < -0.39 is 0 Å². The molecule has 1 aliphatic heterocycles. The molecule has 5 heteroatoms. The molecule has 0 aromatic heterocycles. The van der Waals surface area contributed by atoms with Crippen LogP contribution in [0.15, 0.2) is 0 Å². The zero-order valence-corrected chi connectivity index (χ0v) is 7.54. The van der Waals surface area contributed by atoms with E-state index in [9.17, 15) is 4.79 Å². The fraction of sp³-hybridized carbons (Fsp3) is 0.857. The summed E-state index contributed by atoms with van der Waals surface area (Å²) < 4.78 is 4.79. The summed E-state index contributed by atoms with van der Waals surface area (Å²) in [4.78, 5) is 11.0. The molecule has 0 saturated carbocycles. The topological polar surface area (TPSA) is 44.8 Å². The second-order valence-corrected chi connectivity index (χ2v) is 2.72. The second-order valence-electron chi connectivity index (χ2n) is 2.72. The molecule has 1 rings (SSSR count). The Kier molecular flexibility index (Phi) is 3.31. The van der Waals surface area contributed by atoms with Crippen molar-refractivity contribution in [3.63, 3.8) is 0 Å². The van der Waals surface area contributed by atoms with E-state index >= 15 is 0 Å². The molecule has 0 bridgehead atoms. The van der Waals surface area contributed by atoms with Gasteiger partial charge < -0.3 is 10.1 Å². The fourth-order valence-electron chi connectivity index (χ4n) is 1.09. The largest absolute Gasteiger partial charge is 0.447 e. The molecular weight excluding hydrogens is 158 g/mol. The van der Waals surface area contributed by atoms with Crippen LogP contribution in [0.5, 0.6) is 0 Å². The van der Waals surface area contributed by atoms with E-state index in [1.165, 1.54) is 0 Å². The summed E-state index contributed by atoms with van der Waals surface area (Å²) in [6.07, 6.45) is -0.242. The number of ether oxygens (including phenoxy) is 1. The summed E-state index contributed by atoms with van der Waals surface area (Å²) >= 11 is 0. The van der Waals surface area contributed by atoms with Crippen LogP contribution in [-0.4, -0.2) is 56.4 Å². The smallest absolute Gasteiger partial charge is 0.424 e. The molecule has 0 atom stereocenters. The van der Waals surface area contributed by atoms with Gasteiger partial charge in [0.05, 0.1) is 6.54 Å². The number of hydrazine groups is 1. The van der Waals surface area contributed by atoms with Crippen molar-refractivity contribution in [3.8, 4) is 0 Å². The Morgan fingerprint density at radius 3 is 3.00 bits per heavy atom. The average Bonchev–Trinajstić information content (AvgIpc) is 2.47. The Labute approximate surface area is 72.2 Å². The first-order valence-corrected chi connectivity index (χ1v) is 4.05. The highest BCUT2D eigenvalue weighted by atomic mass is 16.6. The van der Waals surface area contributed by atoms with Crippen LogP contribution in [0.2, 0.25) is 0 Å². The van der Waals surface area contributed by atoms with Crippen molar-refractivity contribution >= 4 is 6.09 Å². The molecular formula is C7H15N3O2. The summed E-state index contributed by atoms with van der Waals surface area (Å²) in [5.41, 5.74) is 0. The summed E-state index contributed by atoms with van der Waals surface area (Å²) in [5.74, 6) is 0. The number of nitrogens with zero attached hydrogens (tertiary/aromatic N) is 2. The third-order valence-electron chi connectivity index (χ3n) is 1.84. The Balaban J connectivity index is 2.30. The van der Waals surface area contributed by atoms with Crippen LogP contribution in [0.4, 0.5) is 4.79 Å². The molecule has 12 heavy (non-hydrogen) atoms. The lowest BCUT2D eigenvalue weighted by molar-refractivity contribution is 0.0489. The lowest BCUT2D eigenvalue weighted by atomic mass is 10.6. The molecule has 1 amide bonds. The Morgan fingerprint density at radius 2 is 2.50 bits per heavy atom. The maximum Gasteiger partial charge on any atom is 0.424 e. The molecule has 0 aromatic carbocycles. The SMILES string of the molecule is CNCCN(C)N1CCOC1=O. The third kappa shape index (κ3) is 2.09. The van der Waals surface area contributed by atoms with Crippen molar-refractivity contribution in [2.24, 2.45) is 0 Å². The van der Waals surface area contributed by atoms with Gasteiger partial charge in [0.1, 0.15) is 6.61 Å². The van der Waals surface area contributed by atoms with Crippen molar-refractivity contribution in [3.05, 3.63) is 0 Å². The number of likely N-dealkylation sites (N-methyl/N-ethyl adjacent to an activating group) is 2. The lowest BCUT2D eigenvalue weighted by Gasteiger charge is -2.24. The highest BCUT2D eigenvalue weighted by molar-refractivity contribution is 5.68. The van der Waals surface area contributed by atoms with Crippen LogP contribution in [-0.2, 0) is 4.74 Å². The van der Waals surface area contributed by atoms with E-state index in [-0.39, 0.29) is 6.09 Å². The van der Waals surface area contributed by atoms with Crippen molar-refractivity contribution in [2.75, 3.05) is 40.3 Å². The standard InChI is InChI=1S/C7H15N3O2/c1-8-3-4-9(2)10-5-6-12-7(10)11/h8H,3-6H2,1-2H3. The first-order chi connectivity index (χ1) is 5.75. The highest BCUT2D eigenvalue weighted by Crippen LogP contribution is 2.04. The number of cyclic esters (lactones) is 1. The number of hydrogen-bond acceptors (Lipinski definition) is 4. The van der Waals surface area contributed by atoms with Gasteiger partial charge in [-0.3, -0.25) is 0 Å². The van der Waals surface area contributed by atoms with Crippen LogP contribution >= 0.6 is 0 Å². The molecule has 5 nitrogen and oxygen atoms in total. The lowest BCUT2D eigenvalue weighted by Crippen LogP contribution is -2.43. The first kappa shape index (κ1) is 9.28. The molecule has 0 spiro atoms. The molecule has 70 valence electrons. The van der Waals surface area contributed by atoms with Crippen LogP contribution in [0, 0.1) is 0 Å². The minimum absolute atomic E-state index is 0.242. The maximum atomic E-state index is 11.0. The van der Waals surface area contributed by atoms with Gasteiger partial charge in [0.25, 0.3) is 0 Å². The first-order valence-electron chi connectivity index (χ1n) is 4.05. The zero-order chi connectivity index (χ0) is 8.97. The van der Waals surface area contributed by atoms with Gasteiger partial charge in [0.15, 0.2) is 0 Å². The monoisotopic (exact) mass is 173 g/mol. The van der Waals surface area contributed by atoms with Gasteiger partial charge in [-0.15, -0.1) is 0 Å². The molecule has 0 aliphatic carbocycles. The third-order valence-corrected chi connectivity index (χ3v) is 1.84. The summed E-state index contributed by atoms with van der Waals surface area (Å²) in [6.45, 7) is 2.84. The fourth-order valence-corrected chi connectivity index (χ4v) is 1.09. The molecule has 0 aromatic rings. The predicted molar refractivity (Wildman–Crippen MR) is 44.6 cm³/mol. The average molecular weight is 173 g/mol. The molecule has 1 N–H and O–H groups in total. The minimum atomic E-state index is -0.242. The van der Waals surface area contributed by atoms with Gasteiger partial charge in [-0.05, 0) is 7.05 Å². The molecule has 1 saturated heterocycles. The number of amides is 1. The van der Waals surface area contributed by atoms with Crippen LogP contribution in [0.3, 0.4) is 0 Å². The van der Waals surface area contributed by atoms with E-state index in [0.29, 0.717) is 13.2 Å². The van der Waals surface area contributed by atoms with Crippen LogP contribution < -0.4 is 5.32 Å². The minimum Gasteiger partial charge on any atom is -0.447 e. The van der Waals surface area contributed by atoms with Crippen molar-refractivity contribution in [1.82, 2.24) is 15.3 Å². The van der Waals surface area contributed by atoms with E-state index in [0.717, 1.165) is 13.1 Å². The van der Waals surface area contributed by atoms with Gasteiger partial charge in [-0.1, -0.05) is 0 Å². The van der Waals surface area contributed by atoms with Crippen molar-refractivity contribution in [2.45, 2.75) is 0 Å². The van der Waals surface area contributed by atoms with E-state index in [4.69, 9.17) is 4.74 Å². The molecule has 1 fully saturated rings. The number of nitrogens with one attached hydrogen (secondary N) is 1. The van der Waals surface area contributed by atoms with E-state index in [1.54, 1.807) is 5.01 Å². The molecule has 1 heterocycles. The zero-order valence-electron chi connectivity index (χ0n) is 7.54. The van der Waals surface area contributed by atoms with Crippen LogP contribution in [0.1, 0.15) is 0 Å².